The maximum absolute atomic E-state index is 6.68. The average molecular weight is 291 g/mol. The topological polar surface area (TPSA) is 44.5 Å². The van der Waals surface area contributed by atoms with Gasteiger partial charge in [0.1, 0.15) is 0 Å². The standard InChI is InChI=1S/C18H29NO2/c1-13-6-5-7-15(10-13)18(2,19)12-14-8-9-16(20-3)17(11-14)21-4/h8-9,11,13,15H,5-7,10,12,19H2,1-4H3. The molecule has 0 aliphatic heterocycles. The highest BCUT2D eigenvalue weighted by molar-refractivity contribution is 5.43. The quantitative estimate of drug-likeness (QED) is 0.897. The number of rotatable bonds is 5. The molecule has 2 N–H and O–H groups in total. The molecule has 1 aromatic carbocycles. The second-order valence-electron chi connectivity index (χ2n) is 6.84. The highest BCUT2D eigenvalue weighted by atomic mass is 16.5. The van der Waals surface area contributed by atoms with Gasteiger partial charge in [0, 0.05) is 5.54 Å². The predicted molar refractivity (Wildman–Crippen MR) is 87.0 cm³/mol. The summed E-state index contributed by atoms with van der Waals surface area (Å²) in [6.45, 7) is 4.55. The normalized spacial score (nSPS) is 25.2. The van der Waals surface area contributed by atoms with Crippen LogP contribution >= 0.6 is 0 Å². The monoisotopic (exact) mass is 291 g/mol. The van der Waals surface area contributed by atoms with Crippen LogP contribution in [0.2, 0.25) is 0 Å². The van der Waals surface area contributed by atoms with Gasteiger partial charge in [-0.15, -0.1) is 0 Å². The van der Waals surface area contributed by atoms with Gasteiger partial charge >= 0.3 is 0 Å². The molecule has 1 saturated carbocycles. The molecule has 3 heteroatoms. The second-order valence-corrected chi connectivity index (χ2v) is 6.84. The van der Waals surface area contributed by atoms with Gasteiger partial charge in [-0.1, -0.05) is 25.8 Å². The minimum atomic E-state index is -0.158. The van der Waals surface area contributed by atoms with E-state index in [1.54, 1.807) is 14.2 Å². The van der Waals surface area contributed by atoms with Crippen LogP contribution in [-0.4, -0.2) is 19.8 Å². The fourth-order valence-electron chi connectivity index (χ4n) is 3.61. The number of hydrogen-bond donors (Lipinski definition) is 1. The molecule has 0 heterocycles. The summed E-state index contributed by atoms with van der Waals surface area (Å²) in [4.78, 5) is 0. The lowest BCUT2D eigenvalue weighted by Crippen LogP contribution is -2.47. The van der Waals surface area contributed by atoms with Crippen LogP contribution in [0.15, 0.2) is 18.2 Å². The first-order chi connectivity index (χ1) is 9.96. The van der Waals surface area contributed by atoms with Crippen LogP contribution in [0.1, 0.15) is 45.1 Å². The highest BCUT2D eigenvalue weighted by Crippen LogP contribution is 2.37. The van der Waals surface area contributed by atoms with Crippen LogP contribution in [0.5, 0.6) is 11.5 Å². The largest absolute Gasteiger partial charge is 0.493 e. The Labute approximate surface area is 128 Å². The Balaban J connectivity index is 2.12. The Bertz CT molecular complexity index is 470. The summed E-state index contributed by atoms with van der Waals surface area (Å²) in [7, 11) is 3.33. The summed E-state index contributed by atoms with van der Waals surface area (Å²) in [6.07, 6.45) is 6.04. The molecule has 1 fully saturated rings. The van der Waals surface area contributed by atoms with E-state index in [0.717, 1.165) is 23.8 Å². The summed E-state index contributed by atoms with van der Waals surface area (Å²) >= 11 is 0. The van der Waals surface area contributed by atoms with E-state index >= 15 is 0 Å². The molecule has 1 aliphatic rings. The maximum atomic E-state index is 6.68. The Morgan fingerprint density at radius 1 is 1.19 bits per heavy atom. The molecular formula is C18H29NO2. The van der Waals surface area contributed by atoms with Crippen molar-refractivity contribution >= 4 is 0 Å². The molecular weight excluding hydrogens is 262 g/mol. The molecule has 0 aromatic heterocycles. The van der Waals surface area contributed by atoms with Crippen molar-refractivity contribution in [2.24, 2.45) is 17.6 Å². The van der Waals surface area contributed by atoms with Gasteiger partial charge < -0.3 is 15.2 Å². The minimum absolute atomic E-state index is 0.158. The van der Waals surface area contributed by atoms with E-state index in [1.807, 2.05) is 6.07 Å². The molecule has 0 bridgehead atoms. The Morgan fingerprint density at radius 2 is 1.90 bits per heavy atom. The van der Waals surface area contributed by atoms with Crippen molar-refractivity contribution in [1.29, 1.82) is 0 Å². The number of nitrogens with two attached hydrogens (primary N) is 1. The van der Waals surface area contributed by atoms with E-state index in [1.165, 1.54) is 31.2 Å². The van der Waals surface area contributed by atoms with Crippen molar-refractivity contribution in [2.75, 3.05) is 14.2 Å². The van der Waals surface area contributed by atoms with Gasteiger partial charge in [-0.3, -0.25) is 0 Å². The van der Waals surface area contributed by atoms with Gasteiger partial charge in [-0.2, -0.15) is 0 Å². The molecule has 0 saturated heterocycles. The zero-order valence-corrected chi connectivity index (χ0v) is 13.8. The van der Waals surface area contributed by atoms with Crippen LogP contribution in [0.25, 0.3) is 0 Å². The van der Waals surface area contributed by atoms with Gasteiger partial charge in [-0.05, 0) is 55.7 Å². The van der Waals surface area contributed by atoms with E-state index in [2.05, 4.69) is 26.0 Å². The molecule has 118 valence electrons. The number of hydrogen-bond acceptors (Lipinski definition) is 3. The summed E-state index contributed by atoms with van der Waals surface area (Å²) in [5.74, 6) is 2.96. The predicted octanol–water partition coefficient (Wildman–Crippen LogP) is 3.79. The summed E-state index contributed by atoms with van der Waals surface area (Å²) in [5, 5.41) is 0. The van der Waals surface area contributed by atoms with Crippen LogP contribution in [0.3, 0.4) is 0 Å². The average Bonchev–Trinajstić information content (AvgIpc) is 2.46. The summed E-state index contributed by atoms with van der Waals surface area (Å²) in [5.41, 5.74) is 7.74. The molecule has 21 heavy (non-hydrogen) atoms. The molecule has 1 aliphatic carbocycles. The van der Waals surface area contributed by atoms with Crippen molar-refractivity contribution in [2.45, 2.75) is 51.5 Å². The minimum Gasteiger partial charge on any atom is -0.493 e. The first kappa shape index (κ1) is 16.2. The molecule has 1 aromatic rings. The van der Waals surface area contributed by atoms with E-state index in [0.29, 0.717) is 5.92 Å². The van der Waals surface area contributed by atoms with Gasteiger partial charge in [0.05, 0.1) is 14.2 Å². The molecule has 0 radical (unpaired) electrons. The zero-order valence-electron chi connectivity index (χ0n) is 13.8. The number of ether oxygens (including phenoxy) is 2. The Hall–Kier alpha value is -1.22. The van der Waals surface area contributed by atoms with Gasteiger partial charge in [0.2, 0.25) is 0 Å². The molecule has 3 unspecified atom stereocenters. The third-order valence-corrected chi connectivity index (χ3v) is 4.90. The van der Waals surface area contributed by atoms with Crippen LogP contribution in [-0.2, 0) is 6.42 Å². The fraction of sp³-hybridized carbons (Fsp3) is 0.667. The molecule has 0 spiro atoms. The lowest BCUT2D eigenvalue weighted by molar-refractivity contribution is 0.183. The molecule has 3 atom stereocenters. The molecule has 2 rings (SSSR count). The lowest BCUT2D eigenvalue weighted by Gasteiger charge is -2.39. The van der Waals surface area contributed by atoms with Gasteiger partial charge in [-0.25, -0.2) is 0 Å². The van der Waals surface area contributed by atoms with Crippen LogP contribution in [0, 0.1) is 11.8 Å². The first-order valence-corrected chi connectivity index (χ1v) is 7.96. The van der Waals surface area contributed by atoms with E-state index in [-0.39, 0.29) is 5.54 Å². The van der Waals surface area contributed by atoms with E-state index in [4.69, 9.17) is 15.2 Å². The van der Waals surface area contributed by atoms with Crippen molar-refractivity contribution in [1.82, 2.24) is 0 Å². The van der Waals surface area contributed by atoms with Crippen molar-refractivity contribution in [3.8, 4) is 11.5 Å². The summed E-state index contributed by atoms with van der Waals surface area (Å²) in [6, 6.07) is 6.11. The van der Waals surface area contributed by atoms with Crippen LogP contribution < -0.4 is 15.2 Å². The Kier molecular flexibility index (Phi) is 5.15. The van der Waals surface area contributed by atoms with Crippen molar-refractivity contribution < 1.29 is 9.47 Å². The zero-order chi connectivity index (χ0) is 15.5. The van der Waals surface area contributed by atoms with Gasteiger partial charge in [0.15, 0.2) is 11.5 Å². The fourth-order valence-corrected chi connectivity index (χ4v) is 3.61. The maximum Gasteiger partial charge on any atom is 0.160 e. The highest BCUT2D eigenvalue weighted by Gasteiger charge is 2.33. The van der Waals surface area contributed by atoms with E-state index in [9.17, 15) is 0 Å². The van der Waals surface area contributed by atoms with Gasteiger partial charge in [0.25, 0.3) is 0 Å². The smallest absolute Gasteiger partial charge is 0.160 e. The number of benzene rings is 1. The second kappa shape index (κ2) is 6.69. The third-order valence-electron chi connectivity index (χ3n) is 4.90. The first-order valence-electron chi connectivity index (χ1n) is 7.96. The van der Waals surface area contributed by atoms with E-state index < -0.39 is 0 Å². The van der Waals surface area contributed by atoms with Crippen LogP contribution in [0.4, 0.5) is 0 Å². The van der Waals surface area contributed by atoms with Crippen molar-refractivity contribution in [3.63, 3.8) is 0 Å². The van der Waals surface area contributed by atoms with Crippen molar-refractivity contribution in [3.05, 3.63) is 23.8 Å². The third kappa shape index (κ3) is 3.91. The summed E-state index contributed by atoms with van der Waals surface area (Å²) < 4.78 is 10.7. The lowest BCUT2D eigenvalue weighted by atomic mass is 9.70. The number of methoxy groups -OCH3 is 2. The molecule has 3 nitrogen and oxygen atoms in total. The SMILES string of the molecule is COc1ccc(CC(C)(N)C2CCCC(C)C2)cc1OC. The Morgan fingerprint density at radius 3 is 2.52 bits per heavy atom. The molecule has 0 amide bonds.